The number of carboxylic acids is 1. The molecular formula is C10H18O3. The molecule has 0 saturated carbocycles. The Bertz CT molecular complexity index is 173. The molecule has 0 aromatic rings. The van der Waals surface area contributed by atoms with Crippen LogP contribution in [0.5, 0.6) is 0 Å². The third kappa shape index (κ3) is 6.20. The van der Waals surface area contributed by atoms with Crippen molar-refractivity contribution in [1.29, 1.82) is 0 Å². The van der Waals surface area contributed by atoms with E-state index in [1.165, 1.54) is 0 Å². The van der Waals surface area contributed by atoms with Crippen molar-refractivity contribution in [2.24, 2.45) is 0 Å². The molecule has 0 aromatic carbocycles. The summed E-state index contributed by atoms with van der Waals surface area (Å²) in [6.45, 7) is 4.49. The highest BCUT2D eigenvalue weighted by Crippen LogP contribution is 2.02. The summed E-state index contributed by atoms with van der Waals surface area (Å²) in [7, 11) is 0. The first-order valence-corrected chi connectivity index (χ1v) is 4.78. The predicted octanol–water partition coefficient (Wildman–Crippen LogP) is 2.57. The van der Waals surface area contributed by atoms with Gasteiger partial charge in [0.15, 0.2) is 5.76 Å². The number of carbonyl (C=O) groups is 1. The average Bonchev–Trinajstić information content (AvgIpc) is 2.10. The van der Waals surface area contributed by atoms with Crippen LogP contribution in [0.3, 0.4) is 0 Å². The number of aliphatic carboxylic acids is 1. The molecular weight excluding hydrogens is 168 g/mol. The highest BCUT2D eigenvalue weighted by molar-refractivity contribution is 5.84. The van der Waals surface area contributed by atoms with Gasteiger partial charge in [-0.25, -0.2) is 4.79 Å². The minimum atomic E-state index is -0.974. The molecule has 1 N–H and O–H groups in total. The van der Waals surface area contributed by atoms with E-state index in [1.807, 2.05) is 6.92 Å². The third-order valence-electron chi connectivity index (χ3n) is 1.61. The van der Waals surface area contributed by atoms with Crippen LogP contribution in [0, 0.1) is 0 Å². The van der Waals surface area contributed by atoms with E-state index in [2.05, 4.69) is 6.92 Å². The van der Waals surface area contributed by atoms with Crippen LogP contribution in [0.15, 0.2) is 11.8 Å². The number of allylic oxidation sites excluding steroid dienone is 1. The van der Waals surface area contributed by atoms with Gasteiger partial charge in [-0.3, -0.25) is 0 Å². The summed E-state index contributed by atoms with van der Waals surface area (Å²) in [5.41, 5.74) is 0. The van der Waals surface area contributed by atoms with Crippen molar-refractivity contribution in [2.45, 2.75) is 39.5 Å². The molecule has 3 nitrogen and oxygen atoms in total. The topological polar surface area (TPSA) is 46.5 Å². The molecule has 0 amide bonds. The molecule has 0 atom stereocenters. The minimum absolute atomic E-state index is 0.0820. The Morgan fingerprint density at radius 3 is 2.54 bits per heavy atom. The van der Waals surface area contributed by atoms with Gasteiger partial charge >= 0.3 is 5.97 Å². The van der Waals surface area contributed by atoms with Crippen molar-refractivity contribution < 1.29 is 14.6 Å². The first-order valence-electron chi connectivity index (χ1n) is 4.78. The summed E-state index contributed by atoms with van der Waals surface area (Å²) in [5.74, 6) is -0.892. The van der Waals surface area contributed by atoms with Gasteiger partial charge in [0.1, 0.15) is 0 Å². The van der Waals surface area contributed by atoms with Crippen LogP contribution in [-0.4, -0.2) is 17.7 Å². The lowest BCUT2D eigenvalue weighted by Crippen LogP contribution is -2.06. The van der Waals surface area contributed by atoms with E-state index in [1.54, 1.807) is 6.08 Å². The maximum Gasteiger partial charge on any atom is 0.370 e. The molecule has 0 spiro atoms. The van der Waals surface area contributed by atoms with Gasteiger partial charge in [0.2, 0.25) is 0 Å². The summed E-state index contributed by atoms with van der Waals surface area (Å²) in [6.07, 6.45) is 5.40. The van der Waals surface area contributed by atoms with Gasteiger partial charge < -0.3 is 9.84 Å². The Morgan fingerprint density at radius 1 is 1.38 bits per heavy atom. The SMILES string of the molecule is CC/C=C(/OCCCCC)C(=O)O. The van der Waals surface area contributed by atoms with Crippen LogP contribution in [0.1, 0.15) is 39.5 Å². The molecule has 0 unspecified atom stereocenters. The zero-order valence-corrected chi connectivity index (χ0v) is 8.38. The highest BCUT2D eigenvalue weighted by Gasteiger charge is 2.06. The number of ether oxygens (including phenoxy) is 1. The summed E-state index contributed by atoms with van der Waals surface area (Å²) in [6, 6.07) is 0. The number of unbranched alkanes of at least 4 members (excludes halogenated alkanes) is 2. The van der Waals surface area contributed by atoms with Gasteiger partial charge in [-0.1, -0.05) is 26.7 Å². The molecule has 0 aliphatic heterocycles. The van der Waals surface area contributed by atoms with Gasteiger partial charge in [0, 0.05) is 0 Å². The van der Waals surface area contributed by atoms with E-state index >= 15 is 0 Å². The lowest BCUT2D eigenvalue weighted by molar-refractivity contribution is -0.136. The lowest BCUT2D eigenvalue weighted by Gasteiger charge is -2.05. The van der Waals surface area contributed by atoms with E-state index in [9.17, 15) is 4.79 Å². The average molecular weight is 186 g/mol. The van der Waals surface area contributed by atoms with Crippen LogP contribution < -0.4 is 0 Å². The fraction of sp³-hybridized carbons (Fsp3) is 0.700. The molecule has 13 heavy (non-hydrogen) atoms. The smallest absolute Gasteiger partial charge is 0.370 e. The number of hydrogen-bond donors (Lipinski definition) is 1. The second-order valence-corrected chi connectivity index (χ2v) is 2.84. The predicted molar refractivity (Wildman–Crippen MR) is 51.5 cm³/mol. The zero-order chi connectivity index (χ0) is 10.1. The Labute approximate surface area is 79.4 Å². The summed E-state index contributed by atoms with van der Waals surface area (Å²) < 4.78 is 5.11. The molecule has 0 rings (SSSR count). The van der Waals surface area contributed by atoms with Gasteiger partial charge in [0.05, 0.1) is 6.61 Å². The largest absolute Gasteiger partial charge is 0.487 e. The number of hydrogen-bond acceptors (Lipinski definition) is 2. The number of rotatable bonds is 7. The normalized spacial score (nSPS) is 11.4. The monoisotopic (exact) mass is 186 g/mol. The second kappa shape index (κ2) is 7.65. The molecule has 0 aliphatic rings. The van der Waals surface area contributed by atoms with Gasteiger partial charge in [-0.05, 0) is 18.9 Å². The molecule has 0 heterocycles. The Kier molecular flexibility index (Phi) is 7.07. The van der Waals surface area contributed by atoms with E-state index < -0.39 is 5.97 Å². The van der Waals surface area contributed by atoms with E-state index in [4.69, 9.17) is 9.84 Å². The second-order valence-electron chi connectivity index (χ2n) is 2.84. The molecule has 0 aromatic heterocycles. The zero-order valence-electron chi connectivity index (χ0n) is 8.38. The van der Waals surface area contributed by atoms with Crippen molar-refractivity contribution in [2.75, 3.05) is 6.61 Å². The van der Waals surface area contributed by atoms with Crippen LogP contribution >= 0.6 is 0 Å². The summed E-state index contributed by atoms with van der Waals surface area (Å²) in [4.78, 5) is 10.6. The Hall–Kier alpha value is -0.990. The van der Waals surface area contributed by atoms with Crippen molar-refractivity contribution in [1.82, 2.24) is 0 Å². The molecule has 0 aliphatic carbocycles. The molecule has 0 fully saturated rings. The van der Waals surface area contributed by atoms with E-state index in [0.29, 0.717) is 13.0 Å². The first-order chi connectivity index (χ1) is 6.22. The van der Waals surface area contributed by atoms with Gasteiger partial charge in [0.25, 0.3) is 0 Å². The third-order valence-corrected chi connectivity index (χ3v) is 1.61. The van der Waals surface area contributed by atoms with Gasteiger partial charge in [-0.2, -0.15) is 0 Å². The summed E-state index contributed by atoms with van der Waals surface area (Å²) >= 11 is 0. The van der Waals surface area contributed by atoms with E-state index in [0.717, 1.165) is 19.3 Å². The molecule has 76 valence electrons. The number of carboxylic acid groups (broad SMARTS) is 1. The van der Waals surface area contributed by atoms with Crippen molar-refractivity contribution >= 4 is 5.97 Å². The van der Waals surface area contributed by atoms with Gasteiger partial charge in [-0.15, -0.1) is 0 Å². The standard InChI is InChI=1S/C10H18O3/c1-3-5-6-8-13-9(7-4-2)10(11)12/h7H,3-6,8H2,1-2H3,(H,11,12)/b9-7+. The Balaban J connectivity index is 3.71. The maximum atomic E-state index is 10.6. The van der Waals surface area contributed by atoms with E-state index in [-0.39, 0.29) is 5.76 Å². The molecule has 0 radical (unpaired) electrons. The van der Waals surface area contributed by atoms with Crippen LogP contribution in [0.4, 0.5) is 0 Å². The van der Waals surface area contributed by atoms with Crippen molar-refractivity contribution in [3.8, 4) is 0 Å². The first kappa shape index (κ1) is 12.0. The fourth-order valence-electron chi connectivity index (χ4n) is 0.928. The van der Waals surface area contributed by atoms with Crippen molar-refractivity contribution in [3.05, 3.63) is 11.8 Å². The highest BCUT2D eigenvalue weighted by atomic mass is 16.5. The molecule has 3 heteroatoms. The maximum absolute atomic E-state index is 10.6. The molecule has 0 bridgehead atoms. The van der Waals surface area contributed by atoms with Crippen LogP contribution in [0.25, 0.3) is 0 Å². The fourth-order valence-corrected chi connectivity index (χ4v) is 0.928. The summed E-state index contributed by atoms with van der Waals surface area (Å²) in [5, 5.41) is 8.67. The van der Waals surface area contributed by atoms with Crippen LogP contribution in [-0.2, 0) is 9.53 Å². The molecule has 0 saturated heterocycles. The lowest BCUT2D eigenvalue weighted by atomic mass is 10.3. The van der Waals surface area contributed by atoms with Crippen molar-refractivity contribution in [3.63, 3.8) is 0 Å². The minimum Gasteiger partial charge on any atom is -0.487 e. The van der Waals surface area contributed by atoms with Crippen LogP contribution in [0.2, 0.25) is 0 Å². The Morgan fingerprint density at radius 2 is 2.08 bits per heavy atom. The quantitative estimate of drug-likeness (QED) is 0.377.